The van der Waals surface area contributed by atoms with E-state index in [4.69, 9.17) is 4.74 Å². The lowest BCUT2D eigenvalue weighted by Gasteiger charge is -2.24. The van der Waals surface area contributed by atoms with Gasteiger partial charge in [0.25, 0.3) is 0 Å². The minimum absolute atomic E-state index is 0.0641. The first-order chi connectivity index (χ1) is 9.50. The zero-order valence-corrected chi connectivity index (χ0v) is 13.3. The fourth-order valence-corrected chi connectivity index (χ4v) is 1.38. The number of aromatic nitrogens is 3. The third kappa shape index (κ3) is 5.59. The molecule has 0 unspecified atom stereocenters. The molecule has 0 aliphatic heterocycles. The average Bonchev–Trinajstić information content (AvgIpc) is 2.42. The molecule has 1 aromatic rings. The van der Waals surface area contributed by atoms with E-state index < -0.39 is 0 Å². The highest BCUT2D eigenvalue weighted by molar-refractivity contribution is 5.37. The van der Waals surface area contributed by atoms with Gasteiger partial charge in [-0.15, -0.1) is 0 Å². The SMILES string of the molecule is CCCNc1nc(NC(C)(C)CC)nc(OCCC)n1. The van der Waals surface area contributed by atoms with Crippen LogP contribution < -0.4 is 15.4 Å². The van der Waals surface area contributed by atoms with Crippen LogP contribution in [0.15, 0.2) is 0 Å². The second-order valence-electron chi connectivity index (χ2n) is 5.40. The smallest absolute Gasteiger partial charge is 0.323 e. The Balaban J connectivity index is 2.90. The molecule has 6 nitrogen and oxygen atoms in total. The molecular weight excluding hydrogens is 254 g/mol. The van der Waals surface area contributed by atoms with Crippen molar-refractivity contribution >= 4 is 11.9 Å². The van der Waals surface area contributed by atoms with Gasteiger partial charge in [-0.1, -0.05) is 20.8 Å². The summed E-state index contributed by atoms with van der Waals surface area (Å²) in [7, 11) is 0. The van der Waals surface area contributed by atoms with Gasteiger partial charge in [-0.2, -0.15) is 15.0 Å². The molecule has 0 fully saturated rings. The van der Waals surface area contributed by atoms with Crippen molar-refractivity contribution in [3.63, 3.8) is 0 Å². The van der Waals surface area contributed by atoms with Crippen molar-refractivity contribution in [2.45, 2.75) is 59.4 Å². The first-order valence-corrected chi connectivity index (χ1v) is 7.41. The molecule has 2 N–H and O–H groups in total. The molecule has 0 aliphatic carbocycles. The van der Waals surface area contributed by atoms with Crippen LogP contribution in [0.4, 0.5) is 11.9 Å². The highest BCUT2D eigenvalue weighted by atomic mass is 16.5. The van der Waals surface area contributed by atoms with Crippen molar-refractivity contribution in [1.82, 2.24) is 15.0 Å². The average molecular weight is 281 g/mol. The fraction of sp³-hybridized carbons (Fsp3) is 0.786. The Labute approximate surface area is 121 Å². The van der Waals surface area contributed by atoms with Crippen LogP contribution >= 0.6 is 0 Å². The van der Waals surface area contributed by atoms with Crippen molar-refractivity contribution in [2.75, 3.05) is 23.8 Å². The van der Waals surface area contributed by atoms with Crippen LogP contribution in [-0.2, 0) is 0 Å². The van der Waals surface area contributed by atoms with Gasteiger partial charge in [-0.25, -0.2) is 0 Å². The monoisotopic (exact) mass is 281 g/mol. The highest BCUT2D eigenvalue weighted by Gasteiger charge is 2.17. The Morgan fingerprint density at radius 2 is 1.70 bits per heavy atom. The number of rotatable bonds is 9. The van der Waals surface area contributed by atoms with Crippen molar-refractivity contribution in [1.29, 1.82) is 0 Å². The summed E-state index contributed by atoms with van der Waals surface area (Å²) in [6, 6.07) is 0.370. The standard InChI is InChI=1S/C14H27N5O/c1-6-9-15-11-16-12(19-14(4,5)8-3)18-13(17-11)20-10-7-2/h6-10H2,1-5H3,(H2,15,16,17,18,19). The molecule has 0 saturated carbocycles. The van der Waals surface area contributed by atoms with Gasteiger partial charge in [0.2, 0.25) is 11.9 Å². The van der Waals surface area contributed by atoms with Gasteiger partial charge < -0.3 is 15.4 Å². The summed E-state index contributed by atoms with van der Waals surface area (Å²) in [6.07, 6.45) is 2.91. The van der Waals surface area contributed by atoms with Crippen molar-refractivity contribution in [3.8, 4) is 6.01 Å². The maximum Gasteiger partial charge on any atom is 0.323 e. The second kappa shape index (κ2) is 7.87. The molecule has 0 atom stereocenters. The number of hydrogen-bond donors (Lipinski definition) is 2. The Kier molecular flexibility index (Phi) is 6.48. The van der Waals surface area contributed by atoms with Crippen LogP contribution in [-0.4, -0.2) is 33.6 Å². The first-order valence-electron chi connectivity index (χ1n) is 7.41. The number of hydrogen-bond acceptors (Lipinski definition) is 6. The van der Waals surface area contributed by atoms with Crippen molar-refractivity contribution in [2.24, 2.45) is 0 Å². The molecule has 1 rings (SSSR count). The summed E-state index contributed by atoms with van der Waals surface area (Å²) in [4.78, 5) is 13.0. The number of ether oxygens (including phenoxy) is 1. The van der Waals surface area contributed by atoms with Crippen LogP contribution in [0.1, 0.15) is 53.9 Å². The Morgan fingerprint density at radius 3 is 2.30 bits per heavy atom. The molecule has 6 heteroatoms. The topological polar surface area (TPSA) is 72.0 Å². The molecule has 0 bridgehead atoms. The van der Waals surface area contributed by atoms with Gasteiger partial charge in [-0.05, 0) is 33.1 Å². The fourth-order valence-electron chi connectivity index (χ4n) is 1.38. The van der Waals surface area contributed by atoms with E-state index in [1.54, 1.807) is 0 Å². The molecule has 0 aromatic carbocycles. The van der Waals surface area contributed by atoms with E-state index in [1.807, 2.05) is 0 Å². The molecule has 0 aliphatic rings. The molecule has 0 saturated heterocycles. The van der Waals surface area contributed by atoms with Crippen LogP contribution in [0.25, 0.3) is 0 Å². The molecule has 20 heavy (non-hydrogen) atoms. The van der Waals surface area contributed by atoms with Crippen LogP contribution in [0.3, 0.4) is 0 Å². The van der Waals surface area contributed by atoms with E-state index in [0.717, 1.165) is 25.8 Å². The van der Waals surface area contributed by atoms with Crippen LogP contribution in [0.2, 0.25) is 0 Å². The molecular formula is C14H27N5O. The maximum absolute atomic E-state index is 5.52. The van der Waals surface area contributed by atoms with Gasteiger partial charge in [-0.3, -0.25) is 0 Å². The van der Waals surface area contributed by atoms with E-state index in [9.17, 15) is 0 Å². The molecule has 114 valence electrons. The van der Waals surface area contributed by atoms with Gasteiger partial charge >= 0.3 is 6.01 Å². The maximum atomic E-state index is 5.52. The normalized spacial score (nSPS) is 11.2. The molecule has 1 heterocycles. The van der Waals surface area contributed by atoms with Gasteiger partial charge in [0.05, 0.1) is 6.61 Å². The molecule has 0 radical (unpaired) electrons. The zero-order chi connectivity index (χ0) is 15.0. The predicted octanol–water partition coefficient (Wildman–Crippen LogP) is 3.08. The third-order valence-electron chi connectivity index (χ3n) is 2.92. The lowest BCUT2D eigenvalue weighted by molar-refractivity contribution is 0.292. The molecule has 0 spiro atoms. The van der Waals surface area contributed by atoms with Crippen LogP contribution in [0, 0.1) is 0 Å². The molecule has 1 aromatic heterocycles. The van der Waals surface area contributed by atoms with E-state index in [1.165, 1.54) is 0 Å². The quantitative estimate of drug-likeness (QED) is 0.724. The predicted molar refractivity (Wildman–Crippen MR) is 82.4 cm³/mol. The summed E-state index contributed by atoms with van der Waals surface area (Å²) in [5.74, 6) is 1.11. The molecule has 0 amide bonds. The van der Waals surface area contributed by atoms with E-state index in [0.29, 0.717) is 24.5 Å². The van der Waals surface area contributed by atoms with E-state index in [-0.39, 0.29) is 5.54 Å². The Bertz CT molecular complexity index is 382. The third-order valence-corrected chi connectivity index (χ3v) is 2.92. The van der Waals surface area contributed by atoms with E-state index >= 15 is 0 Å². The number of anilines is 2. The Morgan fingerprint density at radius 1 is 1.00 bits per heavy atom. The van der Waals surface area contributed by atoms with Gasteiger partial charge in [0, 0.05) is 12.1 Å². The van der Waals surface area contributed by atoms with Crippen LogP contribution in [0.5, 0.6) is 6.01 Å². The summed E-state index contributed by atoms with van der Waals surface area (Å²) < 4.78 is 5.52. The number of nitrogens with zero attached hydrogens (tertiary/aromatic N) is 3. The summed E-state index contributed by atoms with van der Waals surface area (Å²) in [5.41, 5.74) is -0.0641. The summed E-state index contributed by atoms with van der Waals surface area (Å²) in [5, 5.41) is 6.49. The van der Waals surface area contributed by atoms with Crippen molar-refractivity contribution < 1.29 is 4.74 Å². The minimum Gasteiger partial charge on any atom is -0.463 e. The number of nitrogens with one attached hydrogen (secondary N) is 2. The largest absolute Gasteiger partial charge is 0.463 e. The lowest BCUT2D eigenvalue weighted by atomic mass is 10.0. The summed E-state index contributed by atoms with van der Waals surface area (Å²) >= 11 is 0. The second-order valence-corrected chi connectivity index (χ2v) is 5.40. The Hall–Kier alpha value is -1.59. The lowest BCUT2D eigenvalue weighted by Crippen LogP contribution is -2.31. The minimum atomic E-state index is -0.0641. The first kappa shape index (κ1) is 16.5. The van der Waals surface area contributed by atoms with Gasteiger partial charge in [0.15, 0.2) is 0 Å². The zero-order valence-electron chi connectivity index (χ0n) is 13.3. The van der Waals surface area contributed by atoms with Gasteiger partial charge in [0.1, 0.15) is 0 Å². The summed E-state index contributed by atoms with van der Waals surface area (Å²) in [6.45, 7) is 11.9. The van der Waals surface area contributed by atoms with E-state index in [2.05, 4.69) is 60.2 Å². The van der Waals surface area contributed by atoms with Crippen molar-refractivity contribution in [3.05, 3.63) is 0 Å². The highest BCUT2D eigenvalue weighted by Crippen LogP contribution is 2.17.